The van der Waals surface area contributed by atoms with Crippen LogP contribution in [0, 0.1) is 25.2 Å². The Labute approximate surface area is 194 Å². The lowest BCUT2D eigenvalue weighted by Crippen LogP contribution is -2.42. The van der Waals surface area contributed by atoms with E-state index >= 15 is 0 Å². The first kappa shape index (κ1) is 22.8. The van der Waals surface area contributed by atoms with Crippen molar-refractivity contribution < 1.29 is 14.4 Å². The number of carbonyl (C=O) groups is 3. The second-order valence-electron chi connectivity index (χ2n) is 9.70. The molecule has 0 N–H and O–H groups in total. The van der Waals surface area contributed by atoms with Crippen LogP contribution in [0.2, 0.25) is 5.02 Å². The van der Waals surface area contributed by atoms with E-state index in [9.17, 15) is 14.4 Å². The number of hydrogen-bond donors (Lipinski definition) is 0. The van der Waals surface area contributed by atoms with Crippen molar-refractivity contribution in [2.75, 3.05) is 0 Å². The number of rotatable bonds is 4. The highest BCUT2D eigenvalue weighted by Gasteiger charge is 2.48. The van der Waals surface area contributed by atoms with Gasteiger partial charge in [-0.1, -0.05) is 18.5 Å². The molecule has 32 heavy (non-hydrogen) atoms. The van der Waals surface area contributed by atoms with E-state index in [2.05, 4.69) is 4.98 Å². The number of pyridine rings is 1. The first-order chi connectivity index (χ1) is 15.2. The topological polar surface area (TPSA) is 64.1 Å². The second-order valence-corrected chi connectivity index (χ2v) is 10.1. The van der Waals surface area contributed by atoms with Gasteiger partial charge in [0.25, 0.3) is 0 Å². The minimum Gasteiger partial charge on any atom is -0.299 e. The largest absolute Gasteiger partial charge is 0.299 e. The predicted molar refractivity (Wildman–Crippen MR) is 126 cm³/mol. The van der Waals surface area contributed by atoms with Crippen LogP contribution in [0.15, 0.2) is 30.5 Å². The molecule has 0 saturated heterocycles. The number of hydrogen-bond acceptors (Lipinski definition) is 4. The summed E-state index contributed by atoms with van der Waals surface area (Å²) in [5, 5.41) is 0.583. The lowest BCUT2D eigenvalue weighted by molar-refractivity contribution is -0.138. The smallest absolute Gasteiger partial charge is 0.148 e. The van der Waals surface area contributed by atoms with Crippen molar-refractivity contribution in [1.82, 2.24) is 4.98 Å². The van der Waals surface area contributed by atoms with Gasteiger partial charge >= 0.3 is 0 Å². The quantitative estimate of drug-likeness (QED) is 0.520. The molecule has 1 spiro atoms. The molecule has 0 aliphatic heterocycles. The Hall–Kier alpha value is -2.33. The van der Waals surface area contributed by atoms with Crippen LogP contribution < -0.4 is 0 Å². The second kappa shape index (κ2) is 8.90. The zero-order chi connectivity index (χ0) is 23.0. The zero-order valence-electron chi connectivity index (χ0n) is 19.0. The lowest BCUT2D eigenvalue weighted by atomic mass is 9.59. The summed E-state index contributed by atoms with van der Waals surface area (Å²) in [5.74, 6) is -0.196. The maximum Gasteiger partial charge on any atom is 0.148 e. The van der Waals surface area contributed by atoms with Crippen LogP contribution >= 0.6 is 11.6 Å². The number of aromatic nitrogens is 1. The molecule has 0 unspecified atom stereocenters. The summed E-state index contributed by atoms with van der Waals surface area (Å²) < 4.78 is 0. The summed E-state index contributed by atoms with van der Waals surface area (Å²) in [6.45, 7) is 5.84. The Morgan fingerprint density at radius 3 is 2.16 bits per heavy atom. The number of carbonyl (C=O) groups excluding carboxylic acids is 3. The fourth-order valence-electron chi connectivity index (χ4n) is 5.83. The summed E-state index contributed by atoms with van der Waals surface area (Å²) in [6.07, 6.45) is 6.27. The monoisotopic (exact) mass is 451 g/mol. The van der Waals surface area contributed by atoms with Crippen LogP contribution in [0.5, 0.6) is 0 Å². The van der Waals surface area contributed by atoms with Gasteiger partial charge in [-0.05, 0) is 85.9 Å². The molecule has 168 valence electrons. The Balaban J connectivity index is 1.56. The average molecular weight is 452 g/mol. The maximum atomic E-state index is 13.3. The molecular formula is C27H30ClNO3. The number of nitrogens with zero attached hydrogens (tertiary/aromatic N) is 1. The van der Waals surface area contributed by atoms with Gasteiger partial charge in [-0.25, -0.2) is 0 Å². The maximum absolute atomic E-state index is 13.3. The van der Waals surface area contributed by atoms with Crippen molar-refractivity contribution >= 4 is 29.0 Å². The number of halogens is 1. The normalized spacial score (nSPS) is 25.9. The van der Waals surface area contributed by atoms with Crippen molar-refractivity contribution in [3.8, 4) is 11.3 Å². The van der Waals surface area contributed by atoms with Gasteiger partial charge < -0.3 is 0 Å². The van der Waals surface area contributed by atoms with Gasteiger partial charge in [-0.2, -0.15) is 0 Å². The third kappa shape index (κ3) is 4.30. The van der Waals surface area contributed by atoms with Crippen molar-refractivity contribution in [3.05, 3.63) is 52.2 Å². The number of ketones is 3. The fraction of sp³-hybridized carbons (Fsp3) is 0.481. The van der Waals surface area contributed by atoms with Crippen molar-refractivity contribution in [3.63, 3.8) is 0 Å². The number of aryl methyl sites for hydroxylation is 2. The fourth-order valence-corrected chi connectivity index (χ4v) is 5.94. The van der Waals surface area contributed by atoms with Crippen LogP contribution in [0.1, 0.15) is 74.5 Å². The SMILES string of the molecule is CCC(=O)C1CCC2(CC1)CC(=O)C(c1c(C)cc(-c3ccc(Cl)cn3)cc1C)C(=O)C2. The van der Waals surface area contributed by atoms with Gasteiger partial charge in [0.2, 0.25) is 0 Å². The molecule has 1 aromatic heterocycles. The number of benzene rings is 1. The highest BCUT2D eigenvalue weighted by atomic mass is 35.5. The standard InChI is InChI=1S/C27H30ClNO3/c1-4-22(30)18-7-9-27(10-8-18)13-23(31)26(24(32)14-27)25-16(2)11-19(12-17(25)3)21-6-5-20(28)15-29-21/h5-6,11-12,15,18,26H,4,7-10,13-14H2,1-3H3. The predicted octanol–water partition coefficient (Wildman–Crippen LogP) is 6.19. The molecule has 0 amide bonds. The molecule has 5 heteroatoms. The molecule has 4 nitrogen and oxygen atoms in total. The van der Waals surface area contributed by atoms with Crippen LogP contribution in [0.4, 0.5) is 0 Å². The van der Waals surface area contributed by atoms with E-state index in [0.29, 0.717) is 30.1 Å². The minimum absolute atomic E-state index is 0.0325. The molecule has 2 fully saturated rings. The van der Waals surface area contributed by atoms with Crippen LogP contribution in [-0.4, -0.2) is 22.3 Å². The average Bonchev–Trinajstić information content (AvgIpc) is 2.75. The molecule has 2 aromatic rings. The Bertz CT molecular complexity index is 1020. The molecule has 1 heterocycles. The molecule has 0 radical (unpaired) electrons. The van der Waals surface area contributed by atoms with E-state index in [1.54, 1.807) is 12.3 Å². The van der Waals surface area contributed by atoms with Gasteiger partial charge in [0, 0.05) is 36.9 Å². The van der Waals surface area contributed by atoms with Crippen molar-refractivity contribution in [1.29, 1.82) is 0 Å². The van der Waals surface area contributed by atoms with E-state index in [-0.39, 0.29) is 22.9 Å². The minimum atomic E-state index is -0.678. The number of Topliss-reactive ketones (excluding diaryl/α,β-unsaturated/α-hetero) is 3. The van der Waals surface area contributed by atoms with E-state index < -0.39 is 5.92 Å². The highest BCUT2D eigenvalue weighted by Crippen LogP contribution is 2.50. The molecule has 2 aliphatic rings. The van der Waals surface area contributed by atoms with Crippen LogP contribution in [0.3, 0.4) is 0 Å². The summed E-state index contributed by atoms with van der Waals surface area (Å²) in [6, 6.07) is 7.69. The molecule has 0 atom stereocenters. The first-order valence-electron chi connectivity index (χ1n) is 11.5. The zero-order valence-corrected chi connectivity index (χ0v) is 19.8. The van der Waals surface area contributed by atoms with Crippen LogP contribution in [-0.2, 0) is 14.4 Å². The third-order valence-corrected chi connectivity index (χ3v) is 7.72. The van der Waals surface area contributed by atoms with Gasteiger partial charge in [0.1, 0.15) is 23.3 Å². The molecule has 1 aromatic carbocycles. The molecule has 4 rings (SSSR count). The van der Waals surface area contributed by atoms with Crippen molar-refractivity contribution in [2.45, 2.75) is 71.6 Å². The van der Waals surface area contributed by atoms with E-state index in [1.165, 1.54) is 0 Å². The van der Waals surface area contributed by atoms with E-state index in [0.717, 1.165) is 53.6 Å². The van der Waals surface area contributed by atoms with Gasteiger partial charge in [0.05, 0.1) is 10.7 Å². The molecule has 0 bridgehead atoms. The third-order valence-electron chi connectivity index (χ3n) is 7.50. The van der Waals surface area contributed by atoms with E-state index in [1.807, 2.05) is 39.0 Å². The van der Waals surface area contributed by atoms with Gasteiger partial charge in [-0.15, -0.1) is 0 Å². The Morgan fingerprint density at radius 2 is 1.66 bits per heavy atom. The lowest BCUT2D eigenvalue weighted by Gasteiger charge is -2.43. The Kier molecular flexibility index (Phi) is 6.35. The molecule has 2 saturated carbocycles. The van der Waals surface area contributed by atoms with Gasteiger partial charge in [0.15, 0.2) is 0 Å². The summed E-state index contributed by atoms with van der Waals surface area (Å²) in [5.41, 5.74) is 4.25. The molecule has 2 aliphatic carbocycles. The summed E-state index contributed by atoms with van der Waals surface area (Å²) in [4.78, 5) is 43.1. The first-order valence-corrected chi connectivity index (χ1v) is 11.9. The van der Waals surface area contributed by atoms with E-state index in [4.69, 9.17) is 11.6 Å². The highest BCUT2D eigenvalue weighted by molar-refractivity contribution is 6.30. The van der Waals surface area contributed by atoms with Crippen molar-refractivity contribution in [2.24, 2.45) is 11.3 Å². The Morgan fingerprint density at radius 1 is 1.06 bits per heavy atom. The summed E-state index contributed by atoms with van der Waals surface area (Å²) >= 11 is 5.96. The summed E-state index contributed by atoms with van der Waals surface area (Å²) in [7, 11) is 0. The van der Waals surface area contributed by atoms with Crippen LogP contribution in [0.25, 0.3) is 11.3 Å². The van der Waals surface area contributed by atoms with Gasteiger partial charge in [-0.3, -0.25) is 19.4 Å². The molecular weight excluding hydrogens is 422 g/mol.